The Balaban J connectivity index is 1.08. The minimum atomic E-state index is -0.268. The molecule has 168 valence electrons. The molecule has 2 aliphatic heterocycles. The van der Waals surface area contributed by atoms with E-state index >= 15 is 0 Å². The van der Waals surface area contributed by atoms with E-state index in [0.717, 1.165) is 19.3 Å². The van der Waals surface area contributed by atoms with Gasteiger partial charge in [-0.25, -0.2) is 0 Å². The highest BCUT2D eigenvalue weighted by atomic mass is 16.2. The monoisotopic (exact) mass is 435 g/mol. The fourth-order valence-corrected chi connectivity index (χ4v) is 5.81. The van der Waals surface area contributed by atoms with Gasteiger partial charge in [-0.15, -0.1) is 0 Å². The molecular formula is C25H29N3O4. The van der Waals surface area contributed by atoms with E-state index in [4.69, 9.17) is 0 Å². The summed E-state index contributed by atoms with van der Waals surface area (Å²) in [6, 6.07) is 10.1. The lowest BCUT2D eigenvalue weighted by molar-refractivity contribution is -0.148. The average Bonchev–Trinajstić information content (AvgIpc) is 3.50. The molecule has 1 aromatic carbocycles. The molecule has 0 aromatic heterocycles. The van der Waals surface area contributed by atoms with Crippen LogP contribution in [-0.2, 0) is 25.6 Å². The summed E-state index contributed by atoms with van der Waals surface area (Å²) >= 11 is 0. The molecule has 0 radical (unpaired) electrons. The SMILES string of the molecule is O=C(CCCc1ccccc1)N1CCN(C(=O)CN2C(=O)C3C4C=CC(C4)C3C2=O)CC1. The van der Waals surface area contributed by atoms with Crippen LogP contribution in [-0.4, -0.2) is 71.1 Å². The van der Waals surface area contributed by atoms with Crippen molar-refractivity contribution < 1.29 is 19.2 Å². The summed E-state index contributed by atoms with van der Waals surface area (Å²) in [4.78, 5) is 55.6. The largest absolute Gasteiger partial charge is 0.339 e. The van der Waals surface area contributed by atoms with Crippen LogP contribution in [0, 0.1) is 23.7 Å². The molecule has 7 nitrogen and oxygen atoms in total. The van der Waals surface area contributed by atoms with E-state index in [0.29, 0.717) is 32.6 Å². The van der Waals surface area contributed by atoms with Crippen LogP contribution in [0.15, 0.2) is 42.5 Å². The average molecular weight is 436 g/mol. The van der Waals surface area contributed by atoms with Gasteiger partial charge in [0.2, 0.25) is 23.6 Å². The van der Waals surface area contributed by atoms with Crippen LogP contribution >= 0.6 is 0 Å². The minimum absolute atomic E-state index is 0.119. The maximum Gasteiger partial charge on any atom is 0.242 e. The Kier molecular flexibility index (Phi) is 5.57. The number of hydrogen-bond donors (Lipinski definition) is 0. The number of piperazine rings is 1. The molecule has 2 bridgehead atoms. The van der Waals surface area contributed by atoms with E-state index in [2.05, 4.69) is 24.3 Å². The molecule has 2 aliphatic carbocycles. The number of nitrogens with zero attached hydrogens (tertiary/aromatic N) is 3. The van der Waals surface area contributed by atoms with Gasteiger partial charge in [0.1, 0.15) is 6.54 Å². The molecule has 32 heavy (non-hydrogen) atoms. The molecule has 4 amide bonds. The summed E-state index contributed by atoms with van der Waals surface area (Å²) in [6.07, 6.45) is 7.17. The second kappa shape index (κ2) is 8.52. The Hall–Kier alpha value is -2.96. The fraction of sp³-hybridized carbons (Fsp3) is 0.520. The van der Waals surface area contributed by atoms with Gasteiger partial charge in [-0.2, -0.15) is 0 Å². The number of hydrogen-bond acceptors (Lipinski definition) is 4. The maximum atomic E-state index is 12.8. The van der Waals surface area contributed by atoms with Crippen molar-refractivity contribution in [2.45, 2.75) is 25.7 Å². The van der Waals surface area contributed by atoms with Crippen molar-refractivity contribution in [2.75, 3.05) is 32.7 Å². The number of amides is 4. The van der Waals surface area contributed by atoms with Gasteiger partial charge in [-0.3, -0.25) is 24.1 Å². The number of carbonyl (C=O) groups excluding carboxylic acids is 4. The predicted octanol–water partition coefficient (Wildman–Crippen LogP) is 1.49. The van der Waals surface area contributed by atoms with Gasteiger partial charge in [0.15, 0.2) is 0 Å². The molecule has 4 unspecified atom stereocenters. The highest BCUT2D eigenvalue weighted by Crippen LogP contribution is 2.52. The Labute approximate surface area is 188 Å². The normalized spacial score (nSPS) is 28.6. The topological polar surface area (TPSA) is 78.0 Å². The van der Waals surface area contributed by atoms with Crippen molar-refractivity contribution in [2.24, 2.45) is 23.7 Å². The molecule has 0 N–H and O–H groups in total. The van der Waals surface area contributed by atoms with E-state index in [-0.39, 0.29) is 53.8 Å². The van der Waals surface area contributed by atoms with Crippen LogP contribution in [0.4, 0.5) is 0 Å². The molecule has 7 heteroatoms. The molecular weight excluding hydrogens is 406 g/mol. The third-order valence-electron chi connectivity index (χ3n) is 7.54. The van der Waals surface area contributed by atoms with Gasteiger partial charge in [0.05, 0.1) is 11.8 Å². The summed E-state index contributed by atoms with van der Waals surface area (Å²) in [6.45, 7) is 1.71. The van der Waals surface area contributed by atoms with Gasteiger partial charge in [-0.1, -0.05) is 42.5 Å². The first-order valence-corrected chi connectivity index (χ1v) is 11.7. The minimum Gasteiger partial charge on any atom is -0.339 e. The molecule has 2 saturated heterocycles. The van der Waals surface area contributed by atoms with Gasteiger partial charge < -0.3 is 9.80 Å². The zero-order valence-corrected chi connectivity index (χ0v) is 18.2. The highest BCUT2D eigenvalue weighted by Gasteiger charge is 2.59. The zero-order chi connectivity index (χ0) is 22.2. The molecule has 4 aliphatic rings. The second-order valence-electron chi connectivity index (χ2n) is 9.36. The van der Waals surface area contributed by atoms with Crippen molar-refractivity contribution >= 4 is 23.6 Å². The van der Waals surface area contributed by atoms with Gasteiger partial charge in [0, 0.05) is 32.6 Å². The fourth-order valence-electron chi connectivity index (χ4n) is 5.81. The smallest absolute Gasteiger partial charge is 0.242 e. The molecule has 1 aromatic rings. The van der Waals surface area contributed by atoms with Crippen molar-refractivity contribution in [1.29, 1.82) is 0 Å². The maximum absolute atomic E-state index is 12.8. The highest BCUT2D eigenvalue weighted by molar-refractivity contribution is 6.08. The lowest BCUT2D eigenvalue weighted by atomic mass is 9.85. The van der Waals surface area contributed by atoms with Crippen LogP contribution in [0.2, 0.25) is 0 Å². The van der Waals surface area contributed by atoms with E-state index in [1.54, 1.807) is 4.90 Å². The first-order valence-electron chi connectivity index (χ1n) is 11.7. The number of aryl methyl sites for hydroxylation is 1. The first kappa shape index (κ1) is 20.9. The van der Waals surface area contributed by atoms with Crippen molar-refractivity contribution in [1.82, 2.24) is 14.7 Å². The summed E-state index contributed by atoms with van der Waals surface area (Å²) in [5.74, 6) is -0.686. The third kappa shape index (κ3) is 3.74. The van der Waals surface area contributed by atoms with E-state index < -0.39 is 0 Å². The number of likely N-dealkylation sites (tertiary alicyclic amines) is 1. The molecule has 1 saturated carbocycles. The number of imide groups is 1. The zero-order valence-electron chi connectivity index (χ0n) is 18.2. The van der Waals surface area contributed by atoms with Crippen LogP contribution in [0.5, 0.6) is 0 Å². The lowest BCUT2D eigenvalue weighted by Gasteiger charge is -2.35. The Bertz CT molecular complexity index is 921. The number of fused-ring (bicyclic) bond motifs is 5. The van der Waals surface area contributed by atoms with Gasteiger partial charge >= 0.3 is 0 Å². The number of carbonyl (C=O) groups is 4. The van der Waals surface area contributed by atoms with Crippen molar-refractivity contribution in [3.63, 3.8) is 0 Å². The van der Waals surface area contributed by atoms with E-state index in [9.17, 15) is 19.2 Å². The summed E-state index contributed by atoms with van der Waals surface area (Å²) < 4.78 is 0. The quantitative estimate of drug-likeness (QED) is 0.501. The van der Waals surface area contributed by atoms with Crippen molar-refractivity contribution in [3.8, 4) is 0 Å². The molecule has 3 fully saturated rings. The van der Waals surface area contributed by atoms with E-state index in [1.165, 1.54) is 10.5 Å². The molecule has 2 heterocycles. The van der Waals surface area contributed by atoms with Crippen LogP contribution < -0.4 is 0 Å². The van der Waals surface area contributed by atoms with Crippen molar-refractivity contribution in [3.05, 3.63) is 48.0 Å². The molecule has 4 atom stereocenters. The Morgan fingerprint density at radius 2 is 1.38 bits per heavy atom. The number of rotatable bonds is 6. The summed E-state index contributed by atoms with van der Waals surface area (Å²) in [7, 11) is 0. The number of benzene rings is 1. The molecule has 5 rings (SSSR count). The summed E-state index contributed by atoms with van der Waals surface area (Å²) in [5, 5.41) is 0. The van der Waals surface area contributed by atoms with Gasteiger partial charge in [-0.05, 0) is 36.7 Å². The molecule has 0 spiro atoms. The lowest BCUT2D eigenvalue weighted by Crippen LogP contribution is -2.53. The standard InChI is InChI=1S/C25H29N3O4/c29-20(8-4-7-17-5-2-1-3-6-17)26-11-13-27(14-12-26)21(30)16-28-24(31)22-18-9-10-19(15-18)23(22)25(28)32/h1-3,5-6,9-10,18-19,22-23H,4,7-8,11-16H2. The third-order valence-corrected chi connectivity index (χ3v) is 7.54. The Morgan fingerprint density at radius 1 is 0.812 bits per heavy atom. The van der Waals surface area contributed by atoms with Crippen LogP contribution in [0.25, 0.3) is 0 Å². The number of allylic oxidation sites excluding steroid dienone is 2. The predicted molar refractivity (Wildman–Crippen MR) is 117 cm³/mol. The van der Waals surface area contributed by atoms with Crippen LogP contribution in [0.1, 0.15) is 24.8 Å². The van der Waals surface area contributed by atoms with Gasteiger partial charge in [0.25, 0.3) is 0 Å². The first-order chi connectivity index (χ1) is 15.5. The van der Waals surface area contributed by atoms with Crippen LogP contribution in [0.3, 0.4) is 0 Å². The second-order valence-corrected chi connectivity index (χ2v) is 9.36. The summed E-state index contributed by atoms with van der Waals surface area (Å²) in [5.41, 5.74) is 1.23. The Morgan fingerprint density at radius 3 is 1.97 bits per heavy atom. The van der Waals surface area contributed by atoms with E-state index in [1.807, 2.05) is 23.1 Å².